The molecule has 0 unspecified atom stereocenters. The van der Waals surface area contributed by atoms with Gasteiger partial charge in [-0.1, -0.05) is 0 Å². The van der Waals surface area contributed by atoms with E-state index in [-0.39, 0.29) is 11.3 Å². The van der Waals surface area contributed by atoms with Crippen LogP contribution in [-0.2, 0) is 21.4 Å². The molecule has 2 rings (SSSR count). The number of imide groups is 1. The van der Waals surface area contributed by atoms with Gasteiger partial charge in [-0.25, -0.2) is 0 Å². The molecule has 0 bridgehead atoms. The molecular formula is C21H25N3O7. The fraction of sp³-hybridized carbons (Fsp3) is 0.333. The number of esters is 1. The quantitative estimate of drug-likeness (QED) is 0.539. The van der Waals surface area contributed by atoms with Gasteiger partial charge in [0.05, 0.1) is 13.2 Å². The highest BCUT2D eigenvalue weighted by Crippen LogP contribution is 2.28. The van der Waals surface area contributed by atoms with E-state index in [1.165, 1.54) is 12.1 Å². The summed E-state index contributed by atoms with van der Waals surface area (Å²) in [6, 6.07) is 7.86. The maximum atomic E-state index is 12.3. The first kappa shape index (κ1) is 23.5. The van der Waals surface area contributed by atoms with Crippen molar-refractivity contribution in [3.63, 3.8) is 0 Å². The van der Waals surface area contributed by atoms with Crippen LogP contribution in [0.4, 0.5) is 0 Å². The Balaban J connectivity index is 1.80. The standard InChI is InChI=1S/C21H25N3O7/c1-4-29-16-9-8-14(11-17(16)30-5-2)20(27)22-12-19(26)31-13-18(25)23-21(28)15-7-6-10-24(15)3/h6-11H,4-5,12-13H2,1-3H3,(H,22,27)(H,23,25,28). The van der Waals surface area contributed by atoms with E-state index in [0.29, 0.717) is 24.7 Å². The molecule has 2 aromatic rings. The molecule has 1 heterocycles. The summed E-state index contributed by atoms with van der Waals surface area (Å²) in [7, 11) is 1.66. The fourth-order valence-electron chi connectivity index (χ4n) is 2.57. The van der Waals surface area contributed by atoms with Crippen molar-refractivity contribution in [2.24, 2.45) is 7.05 Å². The molecule has 31 heavy (non-hydrogen) atoms. The van der Waals surface area contributed by atoms with Gasteiger partial charge < -0.3 is 24.1 Å². The lowest BCUT2D eigenvalue weighted by Crippen LogP contribution is -2.37. The zero-order valence-electron chi connectivity index (χ0n) is 17.6. The van der Waals surface area contributed by atoms with E-state index >= 15 is 0 Å². The number of aryl methyl sites for hydroxylation is 1. The Bertz CT molecular complexity index is 952. The van der Waals surface area contributed by atoms with Gasteiger partial charge in [0.2, 0.25) is 0 Å². The SMILES string of the molecule is CCOc1ccc(C(=O)NCC(=O)OCC(=O)NC(=O)c2cccn2C)cc1OCC. The predicted octanol–water partition coefficient (Wildman–Crippen LogP) is 1.05. The van der Waals surface area contributed by atoms with Crippen molar-refractivity contribution in [2.45, 2.75) is 13.8 Å². The number of hydrogen-bond acceptors (Lipinski definition) is 7. The molecule has 0 atom stereocenters. The minimum absolute atomic E-state index is 0.269. The van der Waals surface area contributed by atoms with E-state index in [4.69, 9.17) is 14.2 Å². The van der Waals surface area contributed by atoms with Crippen LogP contribution in [0.15, 0.2) is 36.5 Å². The van der Waals surface area contributed by atoms with Gasteiger partial charge in [0, 0.05) is 18.8 Å². The third kappa shape index (κ3) is 6.88. The summed E-state index contributed by atoms with van der Waals surface area (Å²) in [6.07, 6.45) is 1.66. The Hall–Kier alpha value is -3.82. The molecule has 0 aliphatic carbocycles. The number of benzene rings is 1. The molecule has 10 nitrogen and oxygen atoms in total. The molecule has 3 amide bonds. The molecule has 0 saturated carbocycles. The van der Waals surface area contributed by atoms with Crippen molar-refractivity contribution >= 4 is 23.7 Å². The van der Waals surface area contributed by atoms with Gasteiger partial charge in [-0.05, 0) is 44.2 Å². The Labute approximate surface area is 179 Å². The van der Waals surface area contributed by atoms with Gasteiger partial charge in [0.1, 0.15) is 12.2 Å². The number of amides is 3. The highest BCUT2D eigenvalue weighted by atomic mass is 16.5. The Morgan fingerprint density at radius 3 is 2.32 bits per heavy atom. The maximum absolute atomic E-state index is 12.3. The van der Waals surface area contributed by atoms with Crippen molar-refractivity contribution in [1.29, 1.82) is 0 Å². The van der Waals surface area contributed by atoms with Crippen molar-refractivity contribution in [3.8, 4) is 11.5 Å². The highest BCUT2D eigenvalue weighted by Gasteiger charge is 2.16. The van der Waals surface area contributed by atoms with Crippen LogP contribution in [0, 0.1) is 0 Å². The Morgan fingerprint density at radius 2 is 1.68 bits per heavy atom. The summed E-state index contributed by atoms with van der Waals surface area (Å²) in [4.78, 5) is 47.8. The Morgan fingerprint density at radius 1 is 0.968 bits per heavy atom. The summed E-state index contributed by atoms with van der Waals surface area (Å²) < 4.78 is 17.2. The first-order chi connectivity index (χ1) is 14.8. The molecule has 0 aliphatic rings. The second-order valence-corrected chi connectivity index (χ2v) is 6.25. The number of aromatic nitrogens is 1. The van der Waals surface area contributed by atoms with Crippen LogP contribution < -0.4 is 20.1 Å². The van der Waals surface area contributed by atoms with Crippen LogP contribution in [0.2, 0.25) is 0 Å². The van der Waals surface area contributed by atoms with E-state index < -0.39 is 36.8 Å². The summed E-state index contributed by atoms with van der Waals surface area (Å²) in [5, 5.41) is 4.52. The average molecular weight is 431 g/mol. The van der Waals surface area contributed by atoms with Crippen LogP contribution in [0.3, 0.4) is 0 Å². The third-order valence-corrected chi connectivity index (χ3v) is 3.99. The van der Waals surface area contributed by atoms with Gasteiger partial charge >= 0.3 is 5.97 Å². The lowest BCUT2D eigenvalue weighted by atomic mass is 10.2. The molecule has 0 aliphatic heterocycles. The molecule has 2 N–H and O–H groups in total. The highest BCUT2D eigenvalue weighted by molar-refractivity contribution is 6.04. The van der Waals surface area contributed by atoms with Crippen LogP contribution in [0.5, 0.6) is 11.5 Å². The van der Waals surface area contributed by atoms with Crippen LogP contribution in [0.1, 0.15) is 34.7 Å². The van der Waals surface area contributed by atoms with E-state index in [0.717, 1.165) is 0 Å². The van der Waals surface area contributed by atoms with Gasteiger partial charge in [-0.2, -0.15) is 0 Å². The van der Waals surface area contributed by atoms with Gasteiger partial charge in [-0.3, -0.25) is 24.5 Å². The molecule has 1 aromatic heterocycles. The molecule has 0 saturated heterocycles. The number of hydrogen-bond donors (Lipinski definition) is 2. The van der Waals surface area contributed by atoms with Crippen molar-refractivity contribution in [2.75, 3.05) is 26.4 Å². The smallest absolute Gasteiger partial charge is 0.325 e. The van der Waals surface area contributed by atoms with Crippen LogP contribution in [0.25, 0.3) is 0 Å². The first-order valence-corrected chi connectivity index (χ1v) is 9.64. The number of carbonyl (C=O) groups excluding carboxylic acids is 4. The van der Waals surface area contributed by atoms with E-state index in [1.807, 2.05) is 13.8 Å². The second-order valence-electron chi connectivity index (χ2n) is 6.25. The zero-order valence-corrected chi connectivity index (χ0v) is 17.6. The van der Waals surface area contributed by atoms with E-state index in [9.17, 15) is 19.2 Å². The van der Waals surface area contributed by atoms with Crippen molar-refractivity contribution in [1.82, 2.24) is 15.2 Å². The summed E-state index contributed by atoms with van der Waals surface area (Å²) in [5.41, 5.74) is 0.555. The normalized spacial score (nSPS) is 10.2. The Kier molecular flexibility index (Phi) is 8.62. The molecule has 0 radical (unpaired) electrons. The molecule has 10 heteroatoms. The summed E-state index contributed by atoms with van der Waals surface area (Å²) in [6.45, 7) is 3.38. The van der Waals surface area contributed by atoms with Crippen LogP contribution >= 0.6 is 0 Å². The first-order valence-electron chi connectivity index (χ1n) is 9.64. The number of ether oxygens (including phenoxy) is 3. The fourth-order valence-corrected chi connectivity index (χ4v) is 2.57. The van der Waals surface area contributed by atoms with Crippen molar-refractivity contribution < 1.29 is 33.4 Å². The van der Waals surface area contributed by atoms with Gasteiger partial charge in [0.25, 0.3) is 17.7 Å². The van der Waals surface area contributed by atoms with Gasteiger partial charge in [0.15, 0.2) is 18.1 Å². The zero-order chi connectivity index (χ0) is 22.8. The molecule has 1 aromatic carbocycles. The van der Waals surface area contributed by atoms with Gasteiger partial charge in [-0.15, -0.1) is 0 Å². The molecule has 0 spiro atoms. The number of carbonyl (C=O) groups is 4. The number of rotatable bonds is 10. The topological polar surface area (TPSA) is 125 Å². The minimum atomic E-state index is -0.828. The lowest BCUT2D eigenvalue weighted by molar-refractivity contribution is -0.147. The second kappa shape index (κ2) is 11.4. The molecule has 0 fully saturated rings. The molecule has 166 valence electrons. The lowest BCUT2D eigenvalue weighted by Gasteiger charge is -2.12. The average Bonchev–Trinajstić information content (AvgIpc) is 3.18. The minimum Gasteiger partial charge on any atom is -0.490 e. The monoisotopic (exact) mass is 431 g/mol. The van der Waals surface area contributed by atoms with Crippen LogP contribution in [-0.4, -0.2) is 54.6 Å². The summed E-state index contributed by atoms with van der Waals surface area (Å²) >= 11 is 0. The maximum Gasteiger partial charge on any atom is 0.325 e. The number of nitrogens with one attached hydrogen (secondary N) is 2. The third-order valence-electron chi connectivity index (χ3n) is 3.99. The predicted molar refractivity (Wildman–Crippen MR) is 110 cm³/mol. The number of nitrogens with zero attached hydrogens (tertiary/aromatic N) is 1. The van der Waals surface area contributed by atoms with E-state index in [1.54, 1.807) is 36.0 Å². The summed E-state index contributed by atoms with van der Waals surface area (Å²) in [5.74, 6) is -1.81. The largest absolute Gasteiger partial charge is 0.490 e. The van der Waals surface area contributed by atoms with E-state index in [2.05, 4.69) is 10.6 Å². The molecular weight excluding hydrogens is 406 g/mol. The van der Waals surface area contributed by atoms with Crippen molar-refractivity contribution in [3.05, 3.63) is 47.8 Å².